The van der Waals surface area contributed by atoms with E-state index in [0.717, 1.165) is 25.6 Å². The van der Waals surface area contributed by atoms with E-state index >= 15 is 0 Å². The van der Waals surface area contributed by atoms with Gasteiger partial charge in [0, 0.05) is 6.54 Å². The predicted octanol–water partition coefficient (Wildman–Crippen LogP) is 4.42. The Morgan fingerprint density at radius 2 is 1.58 bits per heavy atom. The summed E-state index contributed by atoms with van der Waals surface area (Å²) in [6.07, 6.45) is 5.25. The van der Waals surface area contributed by atoms with E-state index in [2.05, 4.69) is 58.7 Å². The fraction of sp³-hybridized carbons (Fsp3) is 0.455. The van der Waals surface area contributed by atoms with E-state index in [1.807, 2.05) is 0 Å². The summed E-state index contributed by atoms with van der Waals surface area (Å²) in [5.74, 6) is 0.736. The molecule has 2 aliphatic rings. The van der Waals surface area contributed by atoms with Crippen LogP contribution in [0.2, 0.25) is 0 Å². The standard InChI is InChI=1S/C22H28N2/c1-2-6-22(21(5-1)17-24-15-3-4-16-24)20-9-7-18(8-10-20)19-11-13-23-14-12-19/h1-2,5-10,19,23H,3-4,11-17H2. The van der Waals surface area contributed by atoms with Crippen LogP contribution >= 0.6 is 0 Å². The van der Waals surface area contributed by atoms with Gasteiger partial charge in [0.15, 0.2) is 0 Å². The Kier molecular flexibility index (Phi) is 4.96. The molecule has 2 nitrogen and oxygen atoms in total. The second kappa shape index (κ2) is 7.50. The van der Waals surface area contributed by atoms with Crippen molar-refractivity contribution in [2.75, 3.05) is 26.2 Å². The lowest BCUT2D eigenvalue weighted by molar-refractivity contribution is 0.332. The van der Waals surface area contributed by atoms with Crippen molar-refractivity contribution < 1.29 is 0 Å². The van der Waals surface area contributed by atoms with Gasteiger partial charge >= 0.3 is 0 Å². The molecular weight excluding hydrogens is 292 g/mol. The van der Waals surface area contributed by atoms with E-state index in [1.54, 1.807) is 0 Å². The van der Waals surface area contributed by atoms with Crippen LogP contribution in [0.25, 0.3) is 11.1 Å². The number of rotatable bonds is 4. The van der Waals surface area contributed by atoms with E-state index in [-0.39, 0.29) is 0 Å². The Balaban J connectivity index is 1.54. The molecular formula is C22H28N2. The van der Waals surface area contributed by atoms with Gasteiger partial charge in [0.25, 0.3) is 0 Å². The normalized spacial score (nSPS) is 19.7. The van der Waals surface area contributed by atoms with Crippen LogP contribution in [-0.2, 0) is 6.54 Å². The summed E-state index contributed by atoms with van der Waals surface area (Å²) in [6.45, 7) is 5.91. The Morgan fingerprint density at radius 3 is 2.33 bits per heavy atom. The summed E-state index contributed by atoms with van der Waals surface area (Å²) < 4.78 is 0. The minimum atomic E-state index is 0.736. The van der Waals surface area contributed by atoms with Crippen LogP contribution in [0, 0.1) is 0 Å². The Morgan fingerprint density at radius 1 is 0.875 bits per heavy atom. The summed E-state index contributed by atoms with van der Waals surface area (Å²) in [5.41, 5.74) is 5.75. The highest BCUT2D eigenvalue weighted by Crippen LogP contribution is 2.30. The molecule has 2 heteroatoms. The molecule has 0 radical (unpaired) electrons. The lowest BCUT2D eigenvalue weighted by Gasteiger charge is -2.23. The molecule has 2 aromatic carbocycles. The summed E-state index contributed by atoms with van der Waals surface area (Å²) in [5, 5.41) is 3.46. The third-order valence-electron chi connectivity index (χ3n) is 5.64. The average Bonchev–Trinajstić information content (AvgIpc) is 3.16. The van der Waals surface area contributed by atoms with Gasteiger partial charge in [-0.1, -0.05) is 48.5 Å². The van der Waals surface area contributed by atoms with Gasteiger partial charge in [-0.25, -0.2) is 0 Å². The van der Waals surface area contributed by atoms with Crippen molar-refractivity contribution in [3.8, 4) is 11.1 Å². The highest BCUT2D eigenvalue weighted by atomic mass is 15.1. The molecule has 0 saturated carbocycles. The van der Waals surface area contributed by atoms with Gasteiger partial charge in [0.05, 0.1) is 0 Å². The molecule has 2 saturated heterocycles. The maximum absolute atomic E-state index is 3.46. The lowest BCUT2D eigenvalue weighted by Crippen LogP contribution is -2.26. The van der Waals surface area contributed by atoms with Gasteiger partial charge in [-0.15, -0.1) is 0 Å². The molecule has 0 bridgehead atoms. The quantitative estimate of drug-likeness (QED) is 0.897. The minimum Gasteiger partial charge on any atom is -0.317 e. The average molecular weight is 320 g/mol. The van der Waals surface area contributed by atoms with Crippen molar-refractivity contribution in [1.29, 1.82) is 0 Å². The smallest absolute Gasteiger partial charge is 0.0239 e. The number of nitrogens with one attached hydrogen (secondary N) is 1. The maximum Gasteiger partial charge on any atom is 0.0239 e. The third kappa shape index (κ3) is 3.55. The number of hydrogen-bond donors (Lipinski definition) is 1. The second-order valence-electron chi connectivity index (χ2n) is 7.29. The van der Waals surface area contributed by atoms with E-state index in [9.17, 15) is 0 Å². The maximum atomic E-state index is 3.46. The predicted molar refractivity (Wildman–Crippen MR) is 101 cm³/mol. The first kappa shape index (κ1) is 15.9. The number of benzene rings is 2. The van der Waals surface area contributed by atoms with Gasteiger partial charge in [-0.2, -0.15) is 0 Å². The van der Waals surface area contributed by atoms with Crippen LogP contribution < -0.4 is 5.32 Å². The van der Waals surface area contributed by atoms with Crippen molar-refractivity contribution in [3.05, 3.63) is 59.7 Å². The van der Waals surface area contributed by atoms with Crippen LogP contribution in [0.15, 0.2) is 48.5 Å². The van der Waals surface area contributed by atoms with Crippen LogP contribution in [0.3, 0.4) is 0 Å². The first-order valence-electron chi connectivity index (χ1n) is 9.51. The van der Waals surface area contributed by atoms with E-state index in [4.69, 9.17) is 0 Å². The largest absolute Gasteiger partial charge is 0.317 e. The molecule has 1 N–H and O–H groups in total. The zero-order valence-corrected chi connectivity index (χ0v) is 14.5. The van der Waals surface area contributed by atoms with Crippen LogP contribution in [0.1, 0.15) is 42.7 Å². The molecule has 0 aromatic heterocycles. The van der Waals surface area contributed by atoms with Crippen molar-refractivity contribution in [2.45, 2.75) is 38.1 Å². The molecule has 126 valence electrons. The Hall–Kier alpha value is -1.64. The first-order chi connectivity index (χ1) is 11.9. The van der Waals surface area contributed by atoms with E-state index in [1.165, 1.54) is 61.0 Å². The van der Waals surface area contributed by atoms with Crippen LogP contribution in [-0.4, -0.2) is 31.1 Å². The third-order valence-corrected chi connectivity index (χ3v) is 5.64. The lowest BCUT2D eigenvalue weighted by atomic mass is 9.89. The zero-order chi connectivity index (χ0) is 16.2. The summed E-state index contributed by atoms with van der Waals surface area (Å²) in [4.78, 5) is 2.59. The molecule has 0 aliphatic carbocycles. The summed E-state index contributed by atoms with van der Waals surface area (Å²) in [7, 11) is 0. The van der Waals surface area contributed by atoms with Crippen LogP contribution in [0.4, 0.5) is 0 Å². The second-order valence-corrected chi connectivity index (χ2v) is 7.29. The van der Waals surface area contributed by atoms with Gasteiger partial charge < -0.3 is 5.32 Å². The molecule has 0 amide bonds. The first-order valence-corrected chi connectivity index (χ1v) is 9.51. The molecule has 24 heavy (non-hydrogen) atoms. The molecule has 2 aliphatic heterocycles. The van der Waals surface area contributed by atoms with Gasteiger partial charge in [0.1, 0.15) is 0 Å². The fourth-order valence-corrected chi connectivity index (χ4v) is 4.21. The summed E-state index contributed by atoms with van der Waals surface area (Å²) in [6, 6.07) is 18.3. The molecule has 0 unspecified atom stereocenters. The molecule has 0 spiro atoms. The highest BCUT2D eigenvalue weighted by molar-refractivity contribution is 5.67. The SMILES string of the molecule is c1ccc(-c2ccc(C3CCNCC3)cc2)c(CN2CCCC2)c1. The molecule has 2 fully saturated rings. The van der Waals surface area contributed by atoms with Gasteiger partial charge in [-0.05, 0) is 80.0 Å². The molecule has 0 atom stereocenters. The number of piperidine rings is 1. The molecule has 2 aromatic rings. The van der Waals surface area contributed by atoms with Crippen molar-refractivity contribution in [3.63, 3.8) is 0 Å². The van der Waals surface area contributed by atoms with E-state index < -0.39 is 0 Å². The van der Waals surface area contributed by atoms with Gasteiger partial charge in [-0.3, -0.25) is 4.90 Å². The van der Waals surface area contributed by atoms with Gasteiger partial charge in [0.2, 0.25) is 0 Å². The number of nitrogens with zero attached hydrogens (tertiary/aromatic N) is 1. The van der Waals surface area contributed by atoms with Crippen molar-refractivity contribution in [2.24, 2.45) is 0 Å². The van der Waals surface area contributed by atoms with Crippen LogP contribution in [0.5, 0.6) is 0 Å². The number of likely N-dealkylation sites (tertiary alicyclic amines) is 1. The molecule has 2 heterocycles. The number of hydrogen-bond acceptors (Lipinski definition) is 2. The zero-order valence-electron chi connectivity index (χ0n) is 14.5. The van der Waals surface area contributed by atoms with E-state index in [0.29, 0.717) is 0 Å². The van der Waals surface area contributed by atoms with Crippen molar-refractivity contribution in [1.82, 2.24) is 10.2 Å². The monoisotopic (exact) mass is 320 g/mol. The fourth-order valence-electron chi connectivity index (χ4n) is 4.21. The Labute approximate surface area is 145 Å². The minimum absolute atomic E-state index is 0.736. The highest BCUT2D eigenvalue weighted by Gasteiger charge is 2.16. The topological polar surface area (TPSA) is 15.3 Å². The van der Waals surface area contributed by atoms with Crippen molar-refractivity contribution >= 4 is 0 Å². The summed E-state index contributed by atoms with van der Waals surface area (Å²) >= 11 is 0. The Bertz CT molecular complexity index is 650. The molecule has 4 rings (SSSR count).